The molecule has 20 heavy (non-hydrogen) atoms. The summed E-state index contributed by atoms with van der Waals surface area (Å²) in [7, 11) is 0. The molecule has 1 aliphatic carbocycles. The fraction of sp³-hybridized carbons (Fsp3) is 0.562. The van der Waals surface area contributed by atoms with E-state index in [-0.39, 0.29) is 5.92 Å². The summed E-state index contributed by atoms with van der Waals surface area (Å²) in [6.07, 6.45) is 4.44. The third-order valence-corrected chi connectivity index (χ3v) is 4.43. The van der Waals surface area contributed by atoms with Gasteiger partial charge in [-0.05, 0) is 49.9 Å². The van der Waals surface area contributed by atoms with Crippen LogP contribution in [0, 0.1) is 5.92 Å². The average Bonchev–Trinajstić information content (AvgIpc) is 3.31. The van der Waals surface area contributed by atoms with E-state index in [1.165, 1.54) is 5.56 Å². The number of carbonyl (C=O) groups excluding carboxylic acids is 1. The zero-order valence-electron chi connectivity index (χ0n) is 11.6. The van der Waals surface area contributed by atoms with E-state index in [1.54, 1.807) is 0 Å². The van der Waals surface area contributed by atoms with Crippen LogP contribution >= 0.6 is 11.6 Å². The normalized spacial score (nSPS) is 22.6. The number of hydrogen-bond donors (Lipinski definition) is 1. The molecule has 0 radical (unpaired) electrons. The molecule has 1 aromatic carbocycles. The van der Waals surface area contributed by atoms with Gasteiger partial charge in [0.15, 0.2) is 0 Å². The first kappa shape index (κ1) is 13.9. The molecule has 1 atom stereocenters. The van der Waals surface area contributed by atoms with Gasteiger partial charge in [0, 0.05) is 24.2 Å². The Bertz CT molecular complexity index is 464. The van der Waals surface area contributed by atoms with Gasteiger partial charge in [-0.25, -0.2) is 0 Å². The maximum Gasteiger partial charge on any atom is 0.227 e. The SMILES string of the molecule is O=C(C1CCCNC1)N(Cc1ccc(Cl)cc1)C1CC1. The van der Waals surface area contributed by atoms with Crippen LogP contribution < -0.4 is 5.32 Å². The minimum Gasteiger partial charge on any atom is -0.335 e. The first-order valence-electron chi connectivity index (χ1n) is 7.49. The van der Waals surface area contributed by atoms with Crippen molar-refractivity contribution in [3.63, 3.8) is 0 Å². The number of benzene rings is 1. The number of halogens is 1. The summed E-state index contributed by atoms with van der Waals surface area (Å²) in [5.74, 6) is 0.492. The Balaban J connectivity index is 1.68. The summed E-state index contributed by atoms with van der Waals surface area (Å²) in [6.45, 7) is 2.60. The molecule has 1 aromatic rings. The maximum absolute atomic E-state index is 12.7. The van der Waals surface area contributed by atoms with Crippen molar-refractivity contribution in [1.82, 2.24) is 10.2 Å². The number of hydrogen-bond acceptors (Lipinski definition) is 2. The number of amides is 1. The molecular formula is C16H21ClN2O. The summed E-state index contributed by atoms with van der Waals surface area (Å²) >= 11 is 5.92. The van der Waals surface area contributed by atoms with Crippen molar-refractivity contribution < 1.29 is 4.79 Å². The molecular weight excluding hydrogens is 272 g/mol. The molecule has 2 aliphatic rings. The van der Waals surface area contributed by atoms with Gasteiger partial charge in [-0.15, -0.1) is 0 Å². The summed E-state index contributed by atoms with van der Waals surface area (Å²) in [5, 5.41) is 4.08. The minimum atomic E-state index is 0.164. The second-order valence-corrected chi connectivity index (χ2v) is 6.30. The van der Waals surface area contributed by atoms with E-state index in [0.29, 0.717) is 11.9 Å². The number of piperidine rings is 1. The number of carbonyl (C=O) groups is 1. The van der Waals surface area contributed by atoms with E-state index in [9.17, 15) is 4.79 Å². The van der Waals surface area contributed by atoms with Crippen molar-refractivity contribution in [3.05, 3.63) is 34.9 Å². The van der Waals surface area contributed by atoms with Crippen LogP contribution in [-0.4, -0.2) is 29.9 Å². The maximum atomic E-state index is 12.7. The highest BCUT2D eigenvalue weighted by molar-refractivity contribution is 6.30. The molecule has 1 N–H and O–H groups in total. The smallest absolute Gasteiger partial charge is 0.227 e. The standard InChI is InChI=1S/C16H21ClN2O/c17-14-5-3-12(4-6-14)11-19(15-7-8-15)16(20)13-2-1-9-18-10-13/h3-6,13,15,18H,1-2,7-11H2. The Kier molecular flexibility index (Phi) is 4.27. The number of nitrogens with one attached hydrogen (secondary N) is 1. The second-order valence-electron chi connectivity index (χ2n) is 5.87. The van der Waals surface area contributed by atoms with Crippen LogP contribution in [0.2, 0.25) is 5.02 Å². The molecule has 2 fully saturated rings. The summed E-state index contributed by atoms with van der Waals surface area (Å²) in [5.41, 5.74) is 1.17. The Labute approximate surface area is 125 Å². The van der Waals surface area contributed by atoms with Crippen LogP contribution in [0.1, 0.15) is 31.2 Å². The fourth-order valence-corrected chi connectivity index (χ4v) is 2.98. The van der Waals surface area contributed by atoms with Gasteiger partial charge in [0.25, 0.3) is 0 Å². The van der Waals surface area contributed by atoms with Gasteiger partial charge in [-0.2, -0.15) is 0 Å². The van der Waals surface area contributed by atoms with E-state index >= 15 is 0 Å². The quantitative estimate of drug-likeness (QED) is 0.925. The van der Waals surface area contributed by atoms with Crippen LogP contribution in [0.4, 0.5) is 0 Å². The molecule has 1 saturated carbocycles. The van der Waals surface area contributed by atoms with Crippen LogP contribution in [0.5, 0.6) is 0 Å². The Morgan fingerprint density at radius 1 is 1.25 bits per heavy atom. The molecule has 0 bridgehead atoms. The monoisotopic (exact) mass is 292 g/mol. The van der Waals surface area contributed by atoms with E-state index in [1.807, 2.05) is 24.3 Å². The van der Waals surface area contributed by atoms with Gasteiger partial charge < -0.3 is 10.2 Å². The van der Waals surface area contributed by atoms with Crippen molar-refractivity contribution in [2.75, 3.05) is 13.1 Å². The van der Waals surface area contributed by atoms with Gasteiger partial charge in [0.2, 0.25) is 5.91 Å². The fourth-order valence-electron chi connectivity index (χ4n) is 2.86. The third-order valence-electron chi connectivity index (χ3n) is 4.18. The molecule has 4 heteroatoms. The third kappa shape index (κ3) is 3.33. The van der Waals surface area contributed by atoms with Crippen molar-refractivity contribution in [1.29, 1.82) is 0 Å². The molecule has 0 aromatic heterocycles. The van der Waals surface area contributed by atoms with Gasteiger partial charge in [-0.1, -0.05) is 23.7 Å². The van der Waals surface area contributed by atoms with Gasteiger partial charge in [0.05, 0.1) is 5.92 Å². The summed E-state index contributed by atoms with van der Waals surface area (Å²) < 4.78 is 0. The molecule has 3 nitrogen and oxygen atoms in total. The first-order valence-corrected chi connectivity index (χ1v) is 7.87. The zero-order valence-corrected chi connectivity index (χ0v) is 12.4. The van der Waals surface area contributed by atoms with Crippen LogP contribution in [-0.2, 0) is 11.3 Å². The zero-order chi connectivity index (χ0) is 13.9. The topological polar surface area (TPSA) is 32.3 Å². The van der Waals surface area contributed by atoms with Gasteiger partial charge in [-0.3, -0.25) is 4.79 Å². The lowest BCUT2D eigenvalue weighted by Crippen LogP contribution is -2.43. The molecule has 108 valence electrons. The largest absolute Gasteiger partial charge is 0.335 e. The highest BCUT2D eigenvalue weighted by atomic mass is 35.5. The number of rotatable bonds is 4. The molecule has 1 unspecified atom stereocenters. The lowest BCUT2D eigenvalue weighted by Gasteiger charge is -2.30. The molecule has 1 saturated heterocycles. The predicted octanol–water partition coefficient (Wildman–Crippen LogP) is 2.83. The van der Waals surface area contributed by atoms with E-state index in [0.717, 1.165) is 50.3 Å². The second kappa shape index (κ2) is 6.15. The highest BCUT2D eigenvalue weighted by Crippen LogP contribution is 2.31. The van der Waals surface area contributed by atoms with Crippen molar-refractivity contribution in [2.45, 2.75) is 38.3 Å². The molecule has 1 heterocycles. The lowest BCUT2D eigenvalue weighted by atomic mass is 9.97. The summed E-state index contributed by atoms with van der Waals surface area (Å²) in [6, 6.07) is 8.29. The molecule has 1 amide bonds. The van der Waals surface area contributed by atoms with Crippen LogP contribution in [0.15, 0.2) is 24.3 Å². The van der Waals surface area contributed by atoms with E-state index in [4.69, 9.17) is 11.6 Å². The minimum absolute atomic E-state index is 0.164. The van der Waals surface area contributed by atoms with Crippen LogP contribution in [0.25, 0.3) is 0 Å². The number of nitrogens with zero attached hydrogens (tertiary/aromatic N) is 1. The Morgan fingerprint density at radius 3 is 2.60 bits per heavy atom. The predicted molar refractivity (Wildman–Crippen MR) is 80.6 cm³/mol. The average molecular weight is 293 g/mol. The van der Waals surface area contributed by atoms with Crippen molar-refractivity contribution in [2.24, 2.45) is 5.92 Å². The van der Waals surface area contributed by atoms with Gasteiger partial charge in [0.1, 0.15) is 0 Å². The highest BCUT2D eigenvalue weighted by Gasteiger charge is 2.36. The molecule has 0 spiro atoms. The van der Waals surface area contributed by atoms with E-state index in [2.05, 4.69) is 10.2 Å². The molecule has 1 aliphatic heterocycles. The van der Waals surface area contributed by atoms with Crippen molar-refractivity contribution >= 4 is 17.5 Å². The Hall–Kier alpha value is -1.06. The van der Waals surface area contributed by atoms with E-state index < -0.39 is 0 Å². The van der Waals surface area contributed by atoms with Crippen molar-refractivity contribution in [3.8, 4) is 0 Å². The molecule has 3 rings (SSSR count). The Morgan fingerprint density at radius 2 is 2.00 bits per heavy atom. The van der Waals surface area contributed by atoms with Gasteiger partial charge >= 0.3 is 0 Å². The van der Waals surface area contributed by atoms with Crippen LogP contribution in [0.3, 0.4) is 0 Å². The lowest BCUT2D eigenvalue weighted by molar-refractivity contribution is -0.137. The first-order chi connectivity index (χ1) is 9.74. The summed E-state index contributed by atoms with van der Waals surface area (Å²) in [4.78, 5) is 14.8.